The summed E-state index contributed by atoms with van der Waals surface area (Å²) >= 11 is 0. The van der Waals surface area contributed by atoms with Crippen LogP contribution in [0.25, 0.3) is 0 Å². The lowest BCUT2D eigenvalue weighted by Crippen LogP contribution is -1.86. The molecule has 11 heavy (non-hydrogen) atoms. The van der Waals surface area contributed by atoms with Crippen molar-refractivity contribution in [2.75, 3.05) is 0 Å². The van der Waals surface area contributed by atoms with Gasteiger partial charge in [-0.2, -0.15) is 0 Å². The Morgan fingerprint density at radius 1 is 1.00 bits per heavy atom. The molecule has 0 aliphatic carbocycles. The molecule has 60 valence electrons. The first kappa shape index (κ1) is 8.55. The maximum Gasteiger partial charge on any atom is 0.125 e. The van der Waals surface area contributed by atoms with E-state index < -0.39 is 0 Å². The van der Waals surface area contributed by atoms with Gasteiger partial charge in [0.2, 0.25) is 0 Å². The molecule has 0 spiro atoms. The molecule has 1 rings (SSSR count). The van der Waals surface area contributed by atoms with E-state index in [4.69, 9.17) is 4.52 Å². The van der Waals surface area contributed by atoms with E-state index in [9.17, 15) is 0 Å². The van der Waals surface area contributed by atoms with Crippen LogP contribution in [-0.2, 0) is 0 Å². The van der Waals surface area contributed by atoms with Crippen molar-refractivity contribution >= 4 is 9.47 Å². The first-order valence-electron chi connectivity index (χ1n) is 3.59. The fraction of sp³-hybridized carbons (Fsp3) is 0.333. The predicted octanol–water partition coefficient (Wildman–Crippen LogP) is 2.78. The topological polar surface area (TPSA) is 9.23 Å². The van der Waals surface area contributed by atoms with Crippen LogP contribution in [-0.4, -0.2) is 0 Å². The summed E-state index contributed by atoms with van der Waals surface area (Å²) in [5.41, 5.74) is 3.77. The Kier molecular flexibility index (Phi) is 2.51. The van der Waals surface area contributed by atoms with Crippen molar-refractivity contribution in [1.82, 2.24) is 0 Å². The molecule has 1 unspecified atom stereocenters. The average Bonchev–Trinajstić information content (AvgIpc) is 1.97. The van der Waals surface area contributed by atoms with E-state index in [1.165, 1.54) is 16.7 Å². The largest absolute Gasteiger partial charge is 0.480 e. The van der Waals surface area contributed by atoms with Crippen molar-refractivity contribution in [3.8, 4) is 5.75 Å². The van der Waals surface area contributed by atoms with Crippen molar-refractivity contribution in [2.45, 2.75) is 20.8 Å². The smallest absolute Gasteiger partial charge is 0.125 e. The van der Waals surface area contributed by atoms with E-state index in [2.05, 4.69) is 35.4 Å². The zero-order valence-corrected chi connectivity index (χ0v) is 8.29. The SMILES string of the molecule is Cc1cc(C)c(OP)cc1C. The summed E-state index contributed by atoms with van der Waals surface area (Å²) in [6.45, 7) is 6.24. The van der Waals surface area contributed by atoms with E-state index in [-0.39, 0.29) is 0 Å². The number of benzene rings is 1. The van der Waals surface area contributed by atoms with E-state index in [1.807, 2.05) is 6.92 Å². The van der Waals surface area contributed by atoms with Crippen LogP contribution >= 0.6 is 9.47 Å². The summed E-state index contributed by atoms with van der Waals surface area (Å²) < 4.78 is 5.10. The second kappa shape index (κ2) is 3.23. The molecule has 0 fully saturated rings. The molecule has 0 radical (unpaired) electrons. The van der Waals surface area contributed by atoms with Crippen molar-refractivity contribution in [3.05, 3.63) is 28.8 Å². The molecule has 1 atom stereocenters. The number of aryl methyl sites for hydroxylation is 3. The molecular formula is C9H13OP. The Balaban J connectivity index is 3.21. The van der Waals surface area contributed by atoms with Crippen LogP contribution < -0.4 is 4.52 Å². The highest BCUT2D eigenvalue weighted by molar-refractivity contribution is 7.10. The first-order valence-corrected chi connectivity index (χ1v) is 4.07. The molecule has 0 saturated carbocycles. The van der Waals surface area contributed by atoms with Crippen molar-refractivity contribution in [3.63, 3.8) is 0 Å². The molecular weight excluding hydrogens is 155 g/mol. The van der Waals surface area contributed by atoms with Gasteiger partial charge in [-0.05, 0) is 43.5 Å². The Morgan fingerprint density at radius 3 is 2.09 bits per heavy atom. The summed E-state index contributed by atoms with van der Waals surface area (Å²) in [7, 11) is 2.27. The minimum absolute atomic E-state index is 0.943. The van der Waals surface area contributed by atoms with Gasteiger partial charge in [-0.25, -0.2) is 0 Å². The molecule has 2 heteroatoms. The van der Waals surface area contributed by atoms with Gasteiger partial charge in [0.15, 0.2) is 0 Å². The predicted molar refractivity (Wildman–Crippen MR) is 51.0 cm³/mol. The van der Waals surface area contributed by atoms with Gasteiger partial charge in [0, 0.05) is 0 Å². The van der Waals surface area contributed by atoms with Crippen LogP contribution in [0.1, 0.15) is 16.7 Å². The molecule has 0 amide bonds. The summed E-state index contributed by atoms with van der Waals surface area (Å²) in [6, 6.07) is 4.19. The minimum Gasteiger partial charge on any atom is -0.480 e. The third-order valence-corrected chi connectivity index (χ3v) is 2.17. The Hall–Kier alpha value is -0.550. The molecule has 1 aromatic carbocycles. The van der Waals surface area contributed by atoms with Gasteiger partial charge in [-0.3, -0.25) is 0 Å². The third-order valence-electron chi connectivity index (χ3n) is 1.92. The summed E-state index contributed by atoms with van der Waals surface area (Å²) in [6.07, 6.45) is 0. The van der Waals surface area contributed by atoms with E-state index in [0.29, 0.717) is 0 Å². The molecule has 0 heterocycles. The monoisotopic (exact) mass is 168 g/mol. The lowest BCUT2D eigenvalue weighted by atomic mass is 10.1. The van der Waals surface area contributed by atoms with Crippen molar-refractivity contribution in [2.24, 2.45) is 0 Å². The average molecular weight is 168 g/mol. The van der Waals surface area contributed by atoms with Gasteiger partial charge < -0.3 is 4.52 Å². The van der Waals surface area contributed by atoms with Gasteiger partial charge in [0.25, 0.3) is 0 Å². The van der Waals surface area contributed by atoms with Gasteiger partial charge in [0.05, 0.1) is 9.47 Å². The highest BCUT2D eigenvalue weighted by Crippen LogP contribution is 2.23. The molecule has 0 saturated heterocycles. The van der Waals surface area contributed by atoms with Crippen molar-refractivity contribution < 1.29 is 4.52 Å². The lowest BCUT2D eigenvalue weighted by Gasteiger charge is -2.07. The zero-order chi connectivity index (χ0) is 8.43. The first-order chi connectivity index (χ1) is 5.15. The van der Waals surface area contributed by atoms with Crippen LogP contribution in [0.4, 0.5) is 0 Å². The summed E-state index contributed by atoms with van der Waals surface area (Å²) in [4.78, 5) is 0. The number of hydrogen-bond donors (Lipinski definition) is 0. The zero-order valence-electron chi connectivity index (χ0n) is 7.14. The Labute approximate surface area is 70.1 Å². The molecule has 0 aliphatic rings. The van der Waals surface area contributed by atoms with Crippen LogP contribution in [0.5, 0.6) is 5.75 Å². The fourth-order valence-corrected chi connectivity index (χ4v) is 1.31. The van der Waals surface area contributed by atoms with Gasteiger partial charge in [0.1, 0.15) is 5.75 Å². The lowest BCUT2D eigenvalue weighted by molar-refractivity contribution is 0.638. The maximum atomic E-state index is 5.10. The van der Waals surface area contributed by atoms with Crippen LogP contribution in [0, 0.1) is 20.8 Å². The minimum atomic E-state index is 0.943. The molecule has 1 aromatic rings. The summed E-state index contributed by atoms with van der Waals surface area (Å²) in [5.74, 6) is 0.943. The van der Waals surface area contributed by atoms with Crippen LogP contribution in [0.2, 0.25) is 0 Å². The second-order valence-corrected chi connectivity index (χ2v) is 3.06. The third kappa shape index (κ3) is 1.72. The van der Waals surface area contributed by atoms with Crippen LogP contribution in [0.3, 0.4) is 0 Å². The Morgan fingerprint density at radius 2 is 1.55 bits per heavy atom. The molecule has 0 bridgehead atoms. The number of hydrogen-bond acceptors (Lipinski definition) is 1. The number of rotatable bonds is 1. The van der Waals surface area contributed by atoms with E-state index in [1.54, 1.807) is 0 Å². The van der Waals surface area contributed by atoms with E-state index >= 15 is 0 Å². The van der Waals surface area contributed by atoms with Crippen LogP contribution in [0.15, 0.2) is 12.1 Å². The Bertz CT molecular complexity index is 269. The molecule has 0 aromatic heterocycles. The fourth-order valence-electron chi connectivity index (χ4n) is 1.06. The normalized spacial score (nSPS) is 9.82. The highest BCUT2D eigenvalue weighted by Gasteiger charge is 1.99. The van der Waals surface area contributed by atoms with Gasteiger partial charge >= 0.3 is 0 Å². The maximum absolute atomic E-state index is 5.10. The molecule has 0 aliphatic heterocycles. The second-order valence-electron chi connectivity index (χ2n) is 2.82. The molecule has 0 N–H and O–H groups in total. The highest BCUT2D eigenvalue weighted by atomic mass is 31.0. The van der Waals surface area contributed by atoms with Crippen molar-refractivity contribution in [1.29, 1.82) is 0 Å². The van der Waals surface area contributed by atoms with Gasteiger partial charge in [-0.1, -0.05) is 6.07 Å². The standard InChI is InChI=1S/C9H13OP/c1-6-4-8(3)9(10-11)5-7(6)2/h4-5H,11H2,1-3H3. The van der Waals surface area contributed by atoms with Gasteiger partial charge in [-0.15, -0.1) is 0 Å². The quantitative estimate of drug-likeness (QED) is 0.586. The van der Waals surface area contributed by atoms with E-state index in [0.717, 1.165) is 5.75 Å². The summed E-state index contributed by atoms with van der Waals surface area (Å²) in [5, 5.41) is 0. The molecule has 1 nitrogen and oxygen atoms in total.